The Labute approximate surface area is 128 Å². The van der Waals surface area contributed by atoms with Crippen molar-refractivity contribution in [1.29, 1.82) is 0 Å². The Morgan fingerprint density at radius 2 is 1.82 bits per heavy atom. The maximum atomic E-state index is 5.63. The van der Waals surface area contributed by atoms with Gasteiger partial charge in [-0.15, -0.1) is 0 Å². The normalized spacial score (nSPS) is 10.5. The van der Waals surface area contributed by atoms with E-state index in [0.717, 1.165) is 11.3 Å². The summed E-state index contributed by atoms with van der Waals surface area (Å²) in [6.45, 7) is 2.26. The number of methoxy groups -OCH3 is 1. The summed E-state index contributed by atoms with van der Waals surface area (Å²) in [4.78, 5) is 4.34. The van der Waals surface area contributed by atoms with Crippen LogP contribution in [-0.2, 0) is 6.61 Å². The third-order valence-electron chi connectivity index (χ3n) is 3.20. The second-order valence-corrected chi connectivity index (χ2v) is 4.81. The van der Waals surface area contributed by atoms with Crippen LogP contribution >= 0.6 is 0 Å². The number of para-hydroxylation sites is 1. The van der Waals surface area contributed by atoms with Crippen LogP contribution in [0.5, 0.6) is 11.5 Å². The van der Waals surface area contributed by atoms with Gasteiger partial charge < -0.3 is 14.0 Å². The van der Waals surface area contributed by atoms with Gasteiger partial charge in [0.1, 0.15) is 11.5 Å². The molecule has 0 aliphatic heterocycles. The quantitative estimate of drug-likeness (QED) is 0.719. The molecule has 3 aromatic rings. The summed E-state index contributed by atoms with van der Waals surface area (Å²) in [6, 6.07) is 15.3. The lowest BCUT2D eigenvalue weighted by atomic mass is 10.2. The summed E-state index contributed by atoms with van der Waals surface area (Å²) < 4.78 is 16.1. The average Bonchev–Trinajstić information content (AvgIpc) is 3.03. The number of hydrogen-bond donors (Lipinski definition) is 0. The summed E-state index contributed by atoms with van der Waals surface area (Å²) in [6.07, 6.45) is 0. The van der Waals surface area contributed by atoms with Crippen LogP contribution in [0.15, 0.2) is 53.1 Å². The highest BCUT2D eigenvalue weighted by molar-refractivity contribution is 5.63. The molecule has 0 amide bonds. The third kappa shape index (κ3) is 3.09. The van der Waals surface area contributed by atoms with E-state index in [1.807, 2.05) is 55.5 Å². The molecule has 1 aromatic heterocycles. The SMILES string of the molecule is COc1ccccc1-c1noc(COc2ccc(C)cc2)n1. The van der Waals surface area contributed by atoms with Crippen molar-refractivity contribution < 1.29 is 14.0 Å². The molecule has 0 aliphatic carbocycles. The van der Waals surface area contributed by atoms with Crippen molar-refractivity contribution in [2.45, 2.75) is 13.5 Å². The summed E-state index contributed by atoms with van der Waals surface area (Å²) >= 11 is 0. The Bertz CT molecular complexity index is 751. The van der Waals surface area contributed by atoms with Gasteiger partial charge in [-0.3, -0.25) is 0 Å². The average molecular weight is 296 g/mol. The molecule has 5 heteroatoms. The minimum absolute atomic E-state index is 0.227. The van der Waals surface area contributed by atoms with Crippen LogP contribution in [0.4, 0.5) is 0 Å². The van der Waals surface area contributed by atoms with Crippen molar-refractivity contribution in [3.8, 4) is 22.9 Å². The minimum atomic E-state index is 0.227. The van der Waals surface area contributed by atoms with Crippen molar-refractivity contribution in [2.24, 2.45) is 0 Å². The van der Waals surface area contributed by atoms with E-state index in [1.54, 1.807) is 7.11 Å². The third-order valence-corrected chi connectivity index (χ3v) is 3.20. The summed E-state index contributed by atoms with van der Waals surface area (Å²) in [5.41, 5.74) is 1.97. The van der Waals surface area contributed by atoms with Crippen molar-refractivity contribution in [1.82, 2.24) is 10.1 Å². The first-order chi connectivity index (χ1) is 10.8. The summed E-state index contributed by atoms with van der Waals surface area (Å²) in [7, 11) is 1.61. The first kappa shape index (κ1) is 14.1. The van der Waals surface area contributed by atoms with Gasteiger partial charge in [0.05, 0.1) is 12.7 Å². The molecule has 22 heavy (non-hydrogen) atoms. The van der Waals surface area contributed by atoms with Crippen molar-refractivity contribution in [3.63, 3.8) is 0 Å². The monoisotopic (exact) mass is 296 g/mol. The lowest BCUT2D eigenvalue weighted by Crippen LogP contribution is -1.96. The van der Waals surface area contributed by atoms with Gasteiger partial charge >= 0.3 is 0 Å². The van der Waals surface area contributed by atoms with Crippen molar-refractivity contribution in [2.75, 3.05) is 7.11 Å². The van der Waals surface area contributed by atoms with E-state index in [9.17, 15) is 0 Å². The van der Waals surface area contributed by atoms with E-state index in [0.29, 0.717) is 17.5 Å². The molecule has 3 rings (SSSR count). The number of rotatable bonds is 5. The molecule has 2 aromatic carbocycles. The standard InChI is InChI=1S/C17H16N2O3/c1-12-7-9-13(10-8-12)21-11-16-18-17(19-22-16)14-5-3-4-6-15(14)20-2/h3-10H,11H2,1-2H3. The second-order valence-electron chi connectivity index (χ2n) is 4.81. The molecular formula is C17H16N2O3. The second kappa shape index (κ2) is 6.30. The Kier molecular flexibility index (Phi) is 4.05. The van der Waals surface area contributed by atoms with E-state index in [1.165, 1.54) is 5.56 Å². The summed E-state index contributed by atoms with van der Waals surface area (Å²) in [5.74, 6) is 2.37. The molecule has 0 aliphatic rings. The van der Waals surface area contributed by atoms with Crippen LogP contribution in [0, 0.1) is 6.92 Å². The van der Waals surface area contributed by atoms with E-state index >= 15 is 0 Å². The Morgan fingerprint density at radius 3 is 2.59 bits per heavy atom. The molecule has 112 valence electrons. The Hall–Kier alpha value is -2.82. The molecule has 1 heterocycles. The van der Waals surface area contributed by atoms with Gasteiger partial charge in [-0.05, 0) is 31.2 Å². The fraction of sp³-hybridized carbons (Fsp3) is 0.176. The molecule has 0 unspecified atom stereocenters. The molecule has 5 nitrogen and oxygen atoms in total. The number of hydrogen-bond acceptors (Lipinski definition) is 5. The van der Waals surface area contributed by atoms with Gasteiger partial charge in [0.15, 0.2) is 6.61 Å². The van der Waals surface area contributed by atoms with E-state index in [-0.39, 0.29) is 6.61 Å². The highest BCUT2D eigenvalue weighted by atomic mass is 16.5. The largest absolute Gasteiger partial charge is 0.496 e. The number of ether oxygens (including phenoxy) is 2. The molecule has 0 N–H and O–H groups in total. The van der Waals surface area contributed by atoms with Gasteiger partial charge in [0.2, 0.25) is 5.82 Å². The highest BCUT2D eigenvalue weighted by Gasteiger charge is 2.13. The molecule has 0 atom stereocenters. The molecule has 0 saturated heterocycles. The fourth-order valence-corrected chi connectivity index (χ4v) is 2.03. The highest BCUT2D eigenvalue weighted by Crippen LogP contribution is 2.27. The van der Waals surface area contributed by atoms with Crippen molar-refractivity contribution >= 4 is 0 Å². The zero-order chi connectivity index (χ0) is 15.4. The molecule has 0 fully saturated rings. The van der Waals surface area contributed by atoms with Gasteiger partial charge in [0.25, 0.3) is 5.89 Å². The van der Waals surface area contributed by atoms with Crippen LogP contribution in [0.3, 0.4) is 0 Å². The van der Waals surface area contributed by atoms with Gasteiger partial charge in [-0.25, -0.2) is 0 Å². The smallest absolute Gasteiger partial charge is 0.264 e. The molecule has 0 radical (unpaired) electrons. The number of nitrogens with zero attached hydrogens (tertiary/aromatic N) is 2. The minimum Gasteiger partial charge on any atom is -0.496 e. The van der Waals surface area contributed by atoms with E-state index in [4.69, 9.17) is 14.0 Å². The Morgan fingerprint density at radius 1 is 1.05 bits per heavy atom. The molecule has 0 spiro atoms. The van der Waals surface area contributed by atoms with Gasteiger partial charge in [-0.2, -0.15) is 4.98 Å². The zero-order valence-corrected chi connectivity index (χ0v) is 12.4. The van der Waals surface area contributed by atoms with E-state index in [2.05, 4.69) is 10.1 Å². The first-order valence-electron chi connectivity index (χ1n) is 6.91. The van der Waals surface area contributed by atoms with Gasteiger partial charge in [-0.1, -0.05) is 35.0 Å². The lowest BCUT2D eigenvalue weighted by molar-refractivity contribution is 0.243. The maximum Gasteiger partial charge on any atom is 0.264 e. The molecule has 0 saturated carbocycles. The fourth-order valence-electron chi connectivity index (χ4n) is 2.03. The predicted molar refractivity (Wildman–Crippen MR) is 81.8 cm³/mol. The van der Waals surface area contributed by atoms with Crippen LogP contribution < -0.4 is 9.47 Å². The number of aromatic nitrogens is 2. The zero-order valence-electron chi connectivity index (χ0n) is 12.4. The summed E-state index contributed by atoms with van der Waals surface area (Å²) in [5, 5.41) is 3.98. The topological polar surface area (TPSA) is 57.4 Å². The van der Waals surface area contributed by atoms with Crippen LogP contribution in [0.2, 0.25) is 0 Å². The number of aryl methyl sites for hydroxylation is 1. The van der Waals surface area contributed by atoms with Crippen LogP contribution in [0.25, 0.3) is 11.4 Å². The Balaban J connectivity index is 1.72. The maximum absolute atomic E-state index is 5.63. The lowest BCUT2D eigenvalue weighted by Gasteiger charge is -2.03. The van der Waals surface area contributed by atoms with E-state index < -0.39 is 0 Å². The predicted octanol–water partition coefficient (Wildman–Crippen LogP) is 3.63. The van der Waals surface area contributed by atoms with Crippen molar-refractivity contribution in [3.05, 3.63) is 60.0 Å². The number of benzene rings is 2. The van der Waals surface area contributed by atoms with Gasteiger partial charge in [0, 0.05) is 0 Å². The van der Waals surface area contributed by atoms with Crippen LogP contribution in [-0.4, -0.2) is 17.3 Å². The molecule has 0 bridgehead atoms. The molecular weight excluding hydrogens is 280 g/mol. The van der Waals surface area contributed by atoms with Crippen LogP contribution in [0.1, 0.15) is 11.5 Å². The first-order valence-corrected chi connectivity index (χ1v) is 6.91.